The predicted molar refractivity (Wildman–Crippen MR) is 92.3 cm³/mol. The van der Waals surface area contributed by atoms with Crippen molar-refractivity contribution in [1.29, 1.82) is 0 Å². The Morgan fingerprint density at radius 2 is 2.00 bits per heavy atom. The summed E-state index contributed by atoms with van der Waals surface area (Å²) in [4.78, 5) is 17.9. The van der Waals surface area contributed by atoms with Gasteiger partial charge in [-0.1, -0.05) is 6.07 Å². The number of rotatable bonds is 4. The number of carbonyl (C=O) groups excluding carboxylic acids is 1. The zero-order chi connectivity index (χ0) is 16.4. The van der Waals surface area contributed by atoms with Crippen LogP contribution < -0.4 is 4.74 Å². The SMILES string of the molecule is CC(C)N1CCC(Oc2ccc3nc(C(=O)Cl)ccc3c2)CC1. The van der Waals surface area contributed by atoms with Gasteiger partial charge in [-0.3, -0.25) is 4.79 Å². The highest BCUT2D eigenvalue weighted by Crippen LogP contribution is 2.24. The van der Waals surface area contributed by atoms with E-state index in [1.54, 1.807) is 6.07 Å². The Labute approximate surface area is 141 Å². The Balaban J connectivity index is 1.69. The summed E-state index contributed by atoms with van der Waals surface area (Å²) in [5.74, 6) is 0.854. The third-order valence-electron chi connectivity index (χ3n) is 4.37. The van der Waals surface area contributed by atoms with Gasteiger partial charge in [-0.15, -0.1) is 0 Å². The number of benzene rings is 1. The first-order valence-corrected chi connectivity index (χ1v) is 8.42. The van der Waals surface area contributed by atoms with Gasteiger partial charge in [-0.05, 0) is 62.6 Å². The van der Waals surface area contributed by atoms with Crippen molar-refractivity contribution in [2.75, 3.05) is 13.1 Å². The molecule has 1 aromatic heterocycles. The van der Waals surface area contributed by atoms with E-state index >= 15 is 0 Å². The Kier molecular flexibility index (Phi) is 4.83. The molecule has 0 radical (unpaired) electrons. The molecule has 0 spiro atoms. The lowest BCUT2D eigenvalue weighted by Gasteiger charge is -2.34. The first kappa shape index (κ1) is 16.2. The monoisotopic (exact) mass is 332 g/mol. The van der Waals surface area contributed by atoms with E-state index in [4.69, 9.17) is 16.3 Å². The van der Waals surface area contributed by atoms with Gasteiger partial charge in [0.15, 0.2) is 0 Å². The zero-order valence-corrected chi connectivity index (χ0v) is 14.2. The van der Waals surface area contributed by atoms with Crippen molar-refractivity contribution in [2.45, 2.75) is 38.8 Å². The molecule has 4 nitrogen and oxygen atoms in total. The van der Waals surface area contributed by atoms with Crippen LogP contribution in [0.25, 0.3) is 10.9 Å². The van der Waals surface area contributed by atoms with Crippen molar-refractivity contribution in [3.63, 3.8) is 0 Å². The van der Waals surface area contributed by atoms with E-state index in [9.17, 15) is 4.79 Å². The van der Waals surface area contributed by atoms with Gasteiger partial charge in [0.05, 0.1) is 5.52 Å². The highest BCUT2D eigenvalue weighted by molar-refractivity contribution is 6.67. The number of fused-ring (bicyclic) bond motifs is 1. The van der Waals surface area contributed by atoms with Crippen molar-refractivity contribution >= 4 is 27.7 Å². The number of pyridine rings is 1. The van der Waals surface area contributed by atoms with Crippen LogP contribution in [0.1, 0.15) is 37.2 Å². The quantitative estimate of drug-likeness (QED) is 0.797. The summed E-state index contributed by atoms with van der Waals surface area (Å²) in [6.45, 7) is 6.63. The average Bonchev–Trinajstić information content (AvgIpc) is 2.54. The van der Waals surface area contributed by atoms with Crippen LogP contribution in [0.15, 0.2) is 30.3 Å². The standard InChI is InChI=1S/C18H21ClN2O2/c1-12(2)21-9-7-14(8-10-21)23-15-4-6-16-13(11-15)3-5-17(20-16)18(19)22/h3-6,11-12,14H,7-10H2,1-2H3. The zero-order valence-electron chi connectivity index (χ0n) is 13.5. The summed E-state index contributed by atoms with van der Waals surface area (Å²) in [5.41, 5.74) is 1.02. The predicted octanol–water partition coefficient (Wildman–Crippen LogP) is 3.87. The fourth-order valence-electron chi connectivity index (χ4n) is 2.99. The van der Waals surface area contributed by atoms with Crippen molar-refractivity contribution < 1.29 is 9.53 Å². The molecular weight excluding hydrogens is 312 g/mol. The van der Waals surface area contributed by atoms with E-state index in [1.165, 1.54) is 0 Å². The molecule has 23 heavy (non-hydrogen) atoms. The summed E-state index contributed by atoms with van der Waals surface area (Å²) in [5, 5.41) is 0.410. The maximum absolute atomic E-state index is 11.2. The van der Waals surface area contributed by atoms with E-state index < -0.39 is 5.24 Å². The topological polar surface area (TPSA) is 42.4 Å². The molecule has 2 heterocycles. The number of hydrogen-bond donors (Lipinski definition) is 0. The number of halogens is 1. The van der Waals surface area contributed by atoms with E-state index in [0.717, 1.165) is 42.6 Å². The molecule has 0 bridgehead atoms. The van der Waals surface area contributed by atoms with Crippen molar-refractivity contribution in [2.24, 2.45) is 0 Å². The lowest BCUT2D eigenvalue weighted by molar-refractivity contribution is 0.0844. The summed E-state index contributed by atoms with van der Waals surface area (Å²) in [7, 11) is 0. The number of likely N-dealkylation sites (tertiary alicyclic amines) is 1. The normalized spacial score (nSPS) is 16.9. The second-order valence-electron chi connectivity index (χ2n) is 6.27. The van der Waals surface area contributed by atoms with Crippen LogP contribution in [0, 0.1) is 0 Å². The summed E-state index contributed by atoms with van der Waals surface area (Å²) >= 11 is 5.47. The van der Waals surface area contributed by atoms with Crippen LogP contribution >= 0.6 is 11.6 Å². The molecule has 1 aromatic carbocycles. The van der Waals surface area contributed by atoms with E-state index in [0.29, 0.717) is 6.04 Å². The Bertz CT molecular complexity index is 709. The fourth-order valence-corrected chi connectivity index (χ4v) is 3.09. The van der Waals surface area contributed by atoms with Crippen LogP contribution in [-0.2, 0) is 0 Å². The minimum absolute atomic E-state index is 0.263. The molecule has 0 N–H and O–H groups in total. The Morgan fingerprint density at radius 1 is 1.26 bits per heavy atom. The van der Waals surface area contributed by atoms with Gasteiger partial charge in [-0.25, -0.2) is 4.98 Å². The first-order chi connectivity index (χ1) is 11.0. The highest BCUT2D eigenvalue weighted by atomic mass is 35.5. The van der Waals surface area contributed by atoms with Gasteiger partial charge in [0.1, 0.15) is 17.5 Å². The van der Waals surface area contributed by atoms with E-state index in [2.05, 4.69) is 23.7 Å². The van der Waals surface area contributed by atoms with Gasteiger partial charge in [-0.2, -0.15) is 0 Å². The molecule has 1 fully saturated rings. The van der Waals surface area contributed by atoms with Gasteiger partial charge < -0.3 is 9.64 Å². The number of hydrogen-bond acceptors (Lipinski definition) is 4. The summed E-state index contributed by atoms with van der Waals surface area (Å²) in [6, 6.07) is 9.85. The Hall–Kier alpha value is -1.65. The molecule has 5 heteroatoms. The maximum atomic E-state index is 11.2. The number of ether oxygens (including phenoxy) is 1. The van der Waals surface area contributed by atoms with Crippen LogP contribution in [0.5, 0.6) is 5.75 Å². The first-order valence-electron chi connectivity index (χ1n) is 8.04. The molecule has 0 atom stereocenters. The van der Waals surface area contributed by atoms with E-state index in [1.807, 2.05) is 24.3 Å². The minimum Gasteiger partial charge on any atom is -0.490 e. The number of aromatic nitrogens is 1. The van der Waals surface area contributed by atoms with Crippen molar-refractivity contribution in [3.05, 3.63) is 36.0 Å². The molecule has 122 valence electrons. The van der Waals surface area contributed by atoms with E-state index in [-0.39, 0.29) is 11.8 Å². The lowest BCUT2D eigenvalue weighted by atomic mass is 10.1. The molecule has 0 amide bonds. The molecule has 0 saturated carbocycles. The third-order valence-corrected chi connectivity index (χ3v) is 4.57. The van der Waals surface area contributed by atoms with Gasteiger partial charge >= 0.3 is 0 Å². The van der Waals surface area contributed by atoms with Crippen molar-refractivity contribution in [3.8, 4) is 5.75 Å². The second kappa shape index (κ2) is 6.85. The Morgan fingerprint density at radius 3 is 2.65 bits per heavy atom. The molecule has 1 saturated heterocycles. The minimum atomic E-state index is -0.538. The lowest BCUT2D eigenvalue weighted by Crippen LogP contribution is -2.41. The highest BCUT2D eigenvalue weighted by Gasteiger charge is 2.22. The average molecular weight is 333 g/mol. The molecule has 1 aliphatic rings. The van der Waals surface area contributed by atoms with Crippen LogP contribution in [0.4, 0.5) is 0 Å². The van der Waals surface area contributed by atoms with Crippen LogP contribution in [0.3, 0.4) is 0 Å². The van der Waals surface area contributed by atoms with Gasteiger partial charge in [0, 0.05) is 24.5 Å². The molecule has 1 aliphatic heterocycles. The number of carbonyl (C=O) groups is 1. The van der Waals surface area contributed by atoms with Crippen molar-refractivity contribution in [1.82, 2.24) is 9.88 Å². The molecule has 0 aliphatic carbocycles. The van der Waals surface area contributed by atoms with Crippen LogP contribution in [0.2, 0.25) is 0 Å². The maximum Gasteiger partial charge on any atom is 0.270 e. The largest absolute Gasteiger partial charge is 0.490 e. The number of piperidine rings is 1. The fraction of sp³-hybridized carbons (Fsp3) is 0.444. The number of nitrogens with zero attached hydrogens (tertiary/aromatic N) is 2. The molecule has 2 aromatic rings. The van der Waals surface area contributed by atoms with Gasteiger partial charge in [0.2, 0.25) is 0 Å². The molecule has 3 rings (SSSR count). The third kappa shape index (κ3) is 3.82. The summed E-state index contributed by atoms with van der Waals surface area (Å²) in [6.07, 6.45) is 2.36. The summed E-state index contributed by atoms with van der Waals surface area (Å²) < 4.78 is 6.12. The smallest absolute Gasteiger partial charge is 0.270 e. The second-order valence-corrected chi connectivity index (χ2v) is 6.61. The molecule has 0 unspecified atom stereocenters. The molecular formula is C18H21ClN2O2. The van der Waals surface area contributed by atoms with Crippen LogP contribution in [-0.4, -0.2) is 40.4 Å². The van der Waals surface area contributed by atoms with Gasteiger partial charge in [0.25, 0.3) is 5.24 Å².